The second-order valence-electron chi connectivity index (χ2n) is 11.1. The maximum Gasteiger partial charge on any atom is 0.302 e. The summed E-state index contributed by atoms with van der Waals surface area (Å²) in [5.41, 5.74) is 0.415. The number of ether oxygens (including phenoxy) is 7. The summed E-state index contributed by atoms with van der Waals surface area (Å²) in [4.78, 5) is 11.4. The van der Waals surface area contributed by atoms with E-state index in [1.165, 1.54) is 37.5 Å². The summed E-state index contributed by atoms with van der Waals surface area (Å²) < 4.78 is 39.3. The normalized spacial score (nSPS) is 33.6. The van der Waals surface area contributed by atoms with E-state index < -0.39 is 86.7 Å². The monoisotopic (exact) mass is 668 g/mol. The lowest BCUT2D eigenvalue weighted by molar-refractivity contribution is -0.294. The second kappa shape index (κ2) is 14.1. The molecule has 9 N–H and O–H groups in total. The number of esters is 1. The highest BCUT2D eigenvalue weighted by molar-refractivity contribution is 5.70. The molecule has 5 rings (SSSR count). The molecule has 11 unspecified atom stereocenters. The summed E-state index contributed by atoms with van der Waals surface area (Å²) in [6.45, 7) is -0.0634. The lowest BCUT2D eigenvalue weighted by atomic mass is 9.98. The summed E-state index contributed by atoms with van der Waals surface area (Å²) in [6, 6.07) is 6.58. The molecule has 11 atom stereocenters. The third kappa shape index (κ3) is 7.03. The highest BCUT2D eigenvalue weighted by atomic mass is 16.7. The number of methoxy groups -OCH3 is 1. The Labute approximate surface area is 266 Å². The summed E-state index contributed by atoms with van der Waals surface area (Å²) >= 11 is 0. The van der Waals surface area contributed by atoms with E-state index in [9.17, 15) is 50.8 Å². The highest BCUT2D eigenvalue weighted by Gasteiger charge is 2.47. The Balaban J connectivity index is 1.54. The highest BCUT2D eigenvalue weighted by Crippen LogP contribution is 2.46. The number of benzene rings is 2. The Kier molecular flexibility index (Phi) is 10.3. The van der Waals surface area contributed by atoms with Gasteiger partial charge in [0.2, 0.25) is 12.6 Å². The van der Waals surface area contributed by atoms with Gasteiger partial charge in [-0.3, -0.25) is 4.79 Å². The molecular weight excluding hydrogens is 632 g/mol. The van der Waals surface area contributed by atoms with E-state index in [0.717, 1.165) is 13.0 Å². The van der Waals surface area contributed by atoms with Crippen LogP contribution in [0.4, 0.5) is 0 Å². The van der Waals surface area contributed by atoms with Crippen molar-refractivity contribution < 1.29 is 83.9 Å². The van der Waals surface area contributed by atoms with Gasteiger partial charge in [0, 0.05) is 24.6 Å². The van der Waals surface area contributed by atoms with Crippen molar-refractivity contribution >= 4 is 12.0 Å². The minimum atomic E-state index is -1.82. The fourth-order valence-corrected chi connectivity index (χ4v) is 5.29. The molecule has 0 bridgehead atoms. The Morgan fingerprint density at radius 1 is 0.809 bits per heavy atom. The molecule has 0 saturated carbocycles. The molecule has 3 aliphatic rings. The van der Waals surface area contributed by atoms with Gasteiger partial charge in [0.05, 0.1) is 19.3 Å². The lowest BCUT2D eigenvalue weighted by Crippen LogP contribution is -2.60. The van der Waals surface area contributed by atoms with E-state index >= 15 is 0 Å². The number of fused-ring (bicyclic) bond motifs is 1. The number of hydrogen-bond acceptors (Lipinski definition) is 17. The first-order valence-electron chi connectivity index (χ1n) is 14.4. The number of aliphatic hydroxyl groups excluding tert-OH is 7. The standard InChI is InChI=1S/C30H36O17/c1-11(32)42-10-21-23(36)25(38)27(40)30(47-21)45-19-8-14-16(43-28(19)12-3-4-15(34)18(5-12)41-2)6-13(33)7-17(14)44-29-26(39)24(37)22(35)20(9-31)46-29/h3-8,20-31,33-40H,9-10H2,1-2H3. The second-order valence-corrected chi connectivity index (χ2v) is 11.1. The molecule has 0 aliphatic carbocycles. The predicted molar refractivity (Wildman–Crippen MR) is 153 cm³/mol. The minimum absolute atomic E-state index is 0.00212. The number of phenolic OH excluding ortho intramolecular Hbond substituents is 2. The fraction of sp³-hybridized carbons (Fsp3) is 0.500. The van der Waals surface area contributed by atoms with Gasteiger partial charge in [-0.1, -0.05) is 6.07 Å². The van der Waals surface area contributed by atoms with Gasteiger partial charge in [0.25, 0.3) is 0 Å². The van der Waals surface area contributed by atoms with E-state index in [1.54, 1.807) is 0 Å². The molecule has 3 heterocycles. The largest absolute Gasteiger partial charge is 0.508 e. The van der Waals surface area contributed by atoms with E-state index in [4.69, 9.17) is 33.2 Å². The molecule has 47 heavy (non-hydrogen) atoms. The molecule has 17 nitrogen and oxygen atoms in total. The summed E-state index contributed by atoms with van der Waals surface area (Å²) in [7, 11) is 1.33. The zero-order valence-electron chi connectivity index (χ0n) is 25.0. The number of carbonyl (C=O) groups is 1. The van der Waals surface area contributed by atoms with Crippen molar-refractivity contribution in [1.82, 2.24) is 0 Å². The predicted octanol–water partition coefficient (Wildman–Crippen LogP) is -1.85. The average molecular weight is 669 g/mol. The minimum Gasteiger partial charge on any atom is -0.508 e. The maximum atomic E-state index is 11.4. The van der Waals surface area contributed by atoms with Crippen molar-refractivity contribution in [3.63, 3.8) is 0 Å². The molecule has 2 fully saturated rings. The Hall–Kier alpha value is -3.91. The van der Waals surface area contributed by atoms with E-state index in [-0.39, 0.29) is 40.1 Å². The molecule has 17 heteroatoms. The van der Waals surface area contributed by atoms with Crippen LogP contribution in [0.2, 0.25) is 0 Å². The van der Waals surface area contributed by atoms with Crippen LogP contribution < -0.4 is 14.2 Å². The molecule has 2 aromatic rings. The van der Waals surface area contributed by atoms with Crippen LogP contribution in [0, 0.1) is 0 Å². The first-order chi connectivity index (χ1) is 22.3. The summed E-state index contributed by atoms with van der Waals surface area (Å²) in [5, 5.41) is 92.9. The smallest absolute Gasteiger partial charge is 0.302 e. The van der Waals surface area contributed by atoms with Gasteiger partial charge in [0.15, 0.2) is 17.6 Å². The molecular formula is C30H36O17. The molecule has 0 radical (unpaired) electrons. The fourth-order valence-electron chi connectivity index (χ4n) is 5.29. The molecule has 3 aliphatic heterocycles. The van der Waals surface area contributed by atoms with E-state index in [2.05, 4.69) is 0 Å². The van der Waals surface area contributed by atoms with E-state index in [1.807, 2.05) is 0 Å². The third-order valence-electron chi connectivity index (χ3n) is 7.85. The zero-order valence-corrected chi connectivity index (χ0v) is 25.0. The van der Waals surface area contributed by atoms with Gasteiger partial charge >= 0.3 is 5.97 Å². The van der Waals surface area contributed by atoms with Crippen molar-refractivity contribution in [2.24, 2.45) is 0 Å². The number of aromatic hydroxyl groups is 2. The number of aliphatic hydroxyl groups is 7. The van der Waals surface area contributed by atoms with Gasteiger partial charge in [-0.2, -0.15) is 0 Å². The van der Waals surface area contributed by atoms with Crippen LogP contribution in [0.25, 0.3) is 6.08 Å². The van der Waals surface area contributed by atoms with Gasteiger partial charge in [0.1, 0.15) is 78.4 Å². The van der Waals surface area contributed by atoms with Gasteiger partial charge in [-0.15, -0.1) is 0 Å². The van der Waals surface area contributed by atoms with Crippen molar-refractivity contribution in [3.8, 4) is 28.7 Å². The van der Waals surface area contributed by atoms with Crippen molar-refractivity contribution in [2.45, 2.75) is 74.4 Å². The van der Waals surface area contributed by atoms with Crippen molar-refractivity contribution in [2.75, 3.05) is 20.3 Å². The van der Waals surface area contributed by atoms with Gasteiger partial charge in [-0.05, 0) is 18.2 Å². The summed E-state index contributed by atoms with van der Waals surface area (Å²) in [5.74, 6) is -1.46. The molecule has 0 aromatic heterocycles. The van der Waals surface area contributed by atoms with Crippen LogP contribution in [0.5, 0.6) is 28.7 Å². The number of carbonyl (C=O) groups excluding carboxylic acids is 1. The topological polar surface area (TPSA) is 264 Å². The lowest BCUT2D eigenvalue weighted by Gasteiger charge is -2.41. The number of hydrogen-bond donors (Lipinski definition) is 9. The number of phenols is 2. The number of rotatable bonds is 9. The molecule has 2 aromatic carbocycles. The third-order valence-corrected chi connectivity index (χ3v) is 7.85. The van der Waals surface area contributed by atoms with Crippen LogP contribution >= 0.6 is 0 Å². The Bertz CT molecular complexity index is 1460. The molecule has 258 valence electrons. The van der Waals surface area contributed by atoms with Gasteiger partial charge < -0.3 is 79.1 Å². The maximum absolute atomic E-state index is 11.4. The van der Waals surface area contributed by atoms with Crippen LogP contribution in [-0.4, -0.2) is 134 Å². The Morgan fingerprint density at radius 3 is 2.09 bits per heavy atom. The molecule has 0 spiro atoms. The SMILES string of the molecule is COc1cc(C2Oc3cc(O)cc(OC4OC(CO)C(O)C(O)C4O)c3C=C2OC2OC(COC(C)=O)C(O)C(O)C2O)ccc1O. The average Bonchev–Trinajstić information content (AvgIpc) is 3.04. The van der Waals surface area contributed by atoms with E-state index in [0.29, 0.717) is 5.56 Å². The first kappa shape index (κ1) is 34.4. The Morgan fingerprint density at radius 2 is 1.45 bits per heavy atom. The molecule has 0 amide bonds. The first-order valence-corrected chi connectivity index (χ1v) is 14.4. The van der Waals surface area contributed by atoms with Crippen LogP contribution in [0.3, 0.4) is 0 Å². The van der Waals surface area contributed by atoms with Gasteiger partial charge in [-0.25, -0.2) is 0 Å². The van der Waals surface area contributed by atoms with Crippen LogP contribution in [0.15, 0.2) is 36.1 Å². The van der Waals surface area contributed by atoms with Crippen molar-refractivity contribution in [3.05, 3.63) is 47.2 Å². The van der Waals surface area contributed by atoms with Crippen LogP contribution in [-0.2, 0) is 23.7 Å². The van der Waals surface area contributed by atoms with Crippen LogP contribution in [0.1, 0.15) is 24.2 Å². The summed E-state index contributed by atoms with van der Waals surface area (Å²) in [6.07, 6.45) is -16.2. The molecule has 2 saturated heterocycles. The van der Waals surface area contributed by atoms with Crippen molar-refractivity contribution in [1.29, 1.82) is 0 Å². The quantitative estimate of drug-likeness (QED) is 0.133. The zero-order chi connectivity index (χ0) is 34.2.